The van der Waals surface area contributed by atoms with Crippen molar-refractivity contribution in [3.63, 3.8) is 0 Å². The zero-order valence-corrected chi connectivity index (χ0v) is 17.3. The number of para-hydroxylation sites is 1. The van der Waals surface area contributed by atoms with Gasteiger partial charge in [-0.3, -0.25) is 0 Å². The van der Waals surface area contributed by atoms with Crippen LogP contribution >= 0.6 is 11.8 Å². The van der Waals surface area contributed by atoms with E-state index in [2.05, 4.69) is 27.1 Å². The molecule has 1 aliphatic heterocycles. The van der Waals surface area contributed by atoms with Gasteiger partial charge in [-0.2, -0.15) is 4.98 Å². The fourth-order valence-corrected chi connectivity index (χ4v) is 3.57. The summed E-state index contributed by atoms with van der Waals surface area (Å²) < 4.78 is 16.8. The molecule has 2 N–H and O–H groups in total. The molecule has 0 saturated carbocycles. The van der Waals surface area contributed by atoms with Crippen LogP contribution in [0.2, 0.25) is 0 Å². The number of hydrogen-bond donors (Lipinski definition) is 2. The smallest absolute Gasteiger partial charge is 0.247 e. The Morgan fingerprint density at radius 3 is 2.63 bits per heavy atom. The van der Waals surface area contributed by atoms with Gasteiger partial charge in [0, 0.05) is 22.6 Å². The highest BCUT2D eigenvalue weighted by Crippen LogP contribution is 2.43. The quantitative estimate of drug-likeness (QED) is 0.448. The molecular formula is C21H20N4O4S. The molecule has 0 bridgehead atoms. The predicted molar refractivity (Wildman–Crippen MR) is 114 cm³/mol. The molecule has 0 fully saturated rings. The van der Waals surface area contributed by atoms with E-state index in [1.807, 2.05) is 24.3 Å². The van der Waals surface area contributed by atoms with Crippen LogP contribution in [-0.2, 0) is 0 Å². The van der Waals surface area contributed by atoms with Crippen LogP contribution in [0, 0.1) is 0 Å². The maximum absolute atomic E-state index is 10.2. The number of ether oxygens (including phenoxy) is 3. The molecule has 3 aromatic rings. The molecule has 0 radical (unpaired) electrons. The number of rotatable bonds is 6. The molecule has 1 atom stereocenters. The second-order valence-corrected chi connectivity index (χ2v) is 7.30. The number of thioether (sulfide) groups is 1. The summed E-state index contributed by atoms with van der Waals surface area (Å²) in [6.07, 6.45) is 1.14. The highest BCUT2D eigenvalue weighted by molar-refractivity contribution is 7.99. The number of hydrogen-bond acceptors (Lipinski definition) is 9. The Bertz CT molecular complexity index is 1070. The number of anilines is 1. The minimum atomic E-state index is -0.634. The standard InChI is InChI=1S/C21H20N4O4S/c1-4-9-30-21-23-20-17(24-25-21)13-7-5-6-8-14(13)22-19(29-20)12-10-15(27-2)18(26)16(11-12)28-3/h4-8,10-11,19,22,26H,1,9H2,2-3H3. The number of benzene rings is 2. The molecule has 1 aromatic heterocycles. The van der Waals surface area contributed by atoms with Crippen molar-refractivity contribution in [1.29, 1.82) is 0 Å². The number of aromatic hydroxyl groups is 1. The summed E-state index contributed by atoms with van der Waals surface area (Å²) in [5.74, 6) is 1.48. The average molecular weight is 424 g/mol. The Kier molecular flexibility index (Phi) is 5.62. The van der Waals surface area contributed by atoms with Crippen molar-refractivity contribution >= 4 is 17.4 Å². The first-order valence-electron chi connectivity index (χ1n) is 9.10. The summed E-state index contributed by atoms with van der Waals surface area (Å²) in [6, 6.07) is 11.1. The Labute approximate surface area is 177 Å². The van der Waals surface area contributed by atoms with Gasteiger partial charge in [0.25, 0.3) is 0 Å². The topological polar surface area (TPSA) is 98.6 Å². The highest BCUT2D eigenvalue weighted by atomic mass is 32.2. The Balaban J connectivity index is 1.82. The van der Waals surface area contributed by atoms with Gasteiger partial charge in [0.15, 0.2) is 23.4 Å². The van der Waals surface area contributed by atoms with Gasteiger partial charge in [-0.15, -0.1) is 16.8 Å². The Morgan fingerprint density at radius 2 is 1.93 bits per heavy atom. The lowest BCUT2D eigenvalue weighted by Crippen LogP contribution is -2.17. The summed E-state index contributed by atoms with van der Waals surface area (Å²) in [5, 5.41) is 22.7. The first-order valence-corrected chi connectivity index (χ1v) is 10.1. The Morgan fingerprint density at radius 1 is 1.20 bits per heavy atom. The van der Waals surface area contributed by atoms with Crippen LogP contribution in [0.25, 0.3) is 11.3 Å². The number of phenolic OH excluding ortho intramolecular Hbond substituents is 1. The first kappa shape index (κ1) is 19.8. The predicted octanol–water partition coefficient (Wildman–Crippen LogP) is 4.04. The zero-order chi connectivity index (χ0) is 21.1. The largest absolute Gasteiger partial charge is 0.502 e. The minimum Gasteiger partial charge on any atom is -0.502 e. The van der Waals surface area contributed by atoms with Crippen molar-refractivity contribution < 1.29 is 19.3 Å². The molecule has 0 saturated heterocycles. The molecule has 9 heteroatoms. The van der Waals surface area contributed by atoms with E-state index in [1.54, 1.807) is 18.2 Å². The van der Waals surface area contributed by atoms with Crippen molar-refractivity contribution in [2.45, 2.75) is 11.4 Å². The van der Waals surface area contributed by atoms with Gasteiger partial charge in [0.2, 0.25) is 16.8 Å². The molecule has 1 aliphatic rings. The van der Waals surface area contributed by atoms with E-state index >= 15 is 0 Å². The molecule has 0 amide bonds. The van der Waals surface area contributed by atoms with Crippen LogP contribution in [0.5, 0.6) is 23.1 Å². The van der Waals surface area contributed by atoms with E-state index in [4.69, 9.17) is 14.2 Å². The van der Waals surface area contributed by atoms with Crippen molar-refractivity contribution in [1.82, 2.24) is 15.2 Å². The molecule has 0 spiro atoms. The fraction of sp³-hybridized carbons (Fsp3) is 0.190. The molecule has 2 heterocycles. The monoisotopic (exact) mass is 424 g/mol. The molecule has 1 unspecified atom stereocenters. The van der Waals surface area contributed by atoms with Gasteiger partial charge in [-0.1, -0.05) is 36.0 Å². The highest BCUT2D eigenvalue weighted by Gasteiger charge is 2.27. The molecule has 8 nitrogen and oxygen atoms in total. The summed E-state index contributed by atoms with van der Waals surface area (Å²) >= 11 is 1.42. The number of aromatic nitrogens is 3. The molecule has 2 aromatic carbocycles. The van der Waals surface area contributed by atoms with Crippen LogP contribution in [0.3, 0.4) is 0 Å². The third-order valence-electron chi connectivity index (χ3n) is 4.47. The second kappa shape index (κ2) is 8.50. The number of nitrogens with zero attached hydrogens (tertiary/aromatic N) is 3. The molecular weight excluding hydrogens is 404 g/mol. The third-order valence-corrected chi connectivity index (χ3v) is 5.30. The lowest BCUT2D eigenvalue weighted by Gasteiger charge is -2.21. The van der Waals surface area contributed by atoms with E-state index < -0.39 is 6.23 Å². The first-order chi connectivity index (χ1) is 14.6. The third kappa shape index (κ3) is 3.71. The molecule has 4 rings (SSSR count). The van der Waals surface area contributed by atoms with E-state index in [0.717, 1.165) is 11.3 Å². The van der Waals surface area contributed by atoms with Gasteiger partial charge in [0.05, 0.1) is 14.2 Å². The number of nitrogens with one attached hydrogen (secondary N) is 1. The van der Waals surface area contributed by atoms with Gasteiger partial charge in [0.1, 0.15) is 0 Å². The normalized spacial score (nSPS) is 14.4. The maximum atomic E-state index is 10.2. The Hall–Kier alpha value is -3.46. The second-order valence-electron chi connectivity index (χ2n) is 6.31. The van der Waals surface area contributed by atoms with E-state index in [1.165, 1.54) is 26.0 Å². The molecule has 0 aliphatic carbocycles. The molecule has 30 heavy (non-hydrogen) atoms. The van der Waals surface area contributed by atoms with Crippen molar-refractivity contribution in [3.05, 3.63) is 54.6 Å². The number of methoxy groups -OCH3 is 2. The number of phenols is 1. The lowest BCUT2D eigenvalue weighted by atomic mass is 10.1. The fourth-order valence-electron chi connectivity index (χ4n) is 3.06. The van der Waals surface area contributed by atoms with Crippen molar-refractivity contribution in [3.8, 4) is 34.4 Å². The van der Waals surface area contributed by atoms with Crippen molar-refractivity contribution in [2.75, 3.05) is 25.3 Å². The number of fused-ring (bicyclic) bond motifs is 3. The zero-order valence-electron chi connectivity index (χ0n) is 16.5. The van der Waals surface area contributed by atoms with Gasteiger partial charge in [-0.25, -0.2) is 0 Å². The summed E-state index contributed by atoms with van der Waals surface area (Å²) in [7, 11) is 2.95. The average Bonchev–Trinajstić information content (AvgIpc) is 2.94. The van der Waals surface area contributed by atoms with E-state index in [-0.39, 0.29) is 17.2 Å². The van der Waals surface area contributed by atoms with E-state index in [0.29, 0.717) is 28.0 Å². The van der Waals surface area contributed by atoms with Gasteiger partial charge in [-0.05, 0) is 18.2 Å². The van der Waals surface area contributed by atoms with E-state index in [9.17, 15) is 5.11 Å². The lowest BCUT2D eigenvalue weighted by molar-refractivity contribution is 0.223. The van der Waals surface area contributed by atoms with Crippen LogP contribution in [-0.4, -0.2) is 40.3 Å². The SMILES string of the molecule is C=CCSc1nnc2c(n1)OC(c1cc(OC)c(O)c(OC)c1)Nc1ccccc1-2. The van der Waals surface area contributed by atoms with Gasteiger partial charge < -0.3 is 24.6 Å². The maximum Gasteiger partial charge on any atom is 0.247 e. The minimum absolute atomic E-state index is 0.0784. The molecule has 154 valence electrons. The summed E-state index contributed by atoms with van der Waals surface area (Å²) in [6.45, 7) is 3.72. The summed E-state index contributed by atoms with van der Waals surface area (Å²) in [4.78, 5) is 4.56. The van der Waals surface area contributed by atoms with Crippen LogP contribution in [0.15, 0.2) is 54.2 Å². The van der Waals surface area contributed by atoms with Crippen LogP contribution in [0.4, 0.5) is 5.69 Å². The van der Waals surface area contributed by atoms with Gasteiger partial charge >= 0.3 is 0 Å². The van der Waals surface area contributed by atoms with Crippen molar-refractivity contribution in [2.24, 2.45) is 0 Å². The van der Waals surface area contributed by atoms with Crippen LogP contribution < -0.4 is 19.5 Å². The summed E-state index contributed by atoms with van der Waals surface area (Å²) in [5.41, 5.74) is 2.87. The van der Waals surface area contributed by atoms with Crippen LogP contribution in [0.1, 0.15) is 11.8 Å².